The first-order valence-electron chi connectivity index (χ1n) is 6.90. The van der Waals surface area contributed by atoms with Crippen LogP contribution in [0.5, 0.6) is 0 Å². The number of nitrogens with zero attached hydrogens (tertiary/aromatic N) is 2. The number of hydrogen-bond donors (Lipinski definition) is 1. The molecule has 0 aliphatic carbocycles. The summed E-state index contributed by atoms with van der Waals surface area (Å²) < 4.78 is 5.22. The van der Waals surface area contributed by atoms with E-state index in [2.05, 4.69) is 15.5 Å². The van der Waals surface area contributed by atoms with Crippen molar-refractivity contribution < 1.29 is 9.32 Å². The fourth-order valence-electron chi connectivity index (χ4n) is 2.22. The molecule has 0 spiro atoms. The Bertz CT molecular complexity index is 790. The normalized spacial score (nSPS) is 10.5. The van der Waals surface area contributed by atoms with Crippen LogP contribution in [0.2, 0.25) is 0 Å². The van der Waals surface area contributed by atoms with Gasteiger partial charge >= 0.3 is 0 Å². The maximum absolute atomic E-state index is 12.3. The van der Waals surface area contributed by atoms with E-state index in [1.807, 2.05) is 38.1 Å². The van der Waals surface area contributed by atoms with Crippen molar-refractivity contribution in [1.29, 1.82) is 0 Å². The van der Waals surface area contributed by atoms with Gasteiger partial charge in [0.2, 0.25) is 0 Å². The van der Waals surface area contributed by atoms with Gasteiger partial charge in [-0.25, -0.2) is 0 Å². The quantitative estimate of drug-likeness (QED) is 0.801. The monoisotopic (exact) mass is 293 g/mol. The van der Waals surface area contributed by atoms with Gasteiger partial charge in [-0.05, 0) is 37.1 Å². The van der Waals surface area contributed by atoms with Crippen LogP contribution in [-0.2, 0) is 0 Å². The minimum Gasteiger partial charge on any atom is -0.355 e. The molecule has 3 aromatic rings. The number of rotatable bonds is 3. The molecular weight excluding hydrogens is 278 g/mol. The maximum atomic E-state index is 12.3. The molecule has 3 rings (SSSR count). The molecule has 0 fully saturated rings. The zero-order valence-electron chi connectivity index (χ0n) is 12.3. The van der Waals surface area contributed by atoms with Crippen LogP contribution in [0.25, 0.3) is 11.3 Å². The minimum absolute atomic E-state index is 0.238. The van der Waals surface area contributed by atoms with Crippen molar-refractivity contribution in [2.24, 2.45) is 0 Å². The van der Waals surface area contributed by atoms with Crippen molar-refractivity contribution >= 4 is 11.6 Å². The molecule has 0 saturated heterocycles. The summed E-state index contributed by atoms with van der Waals surface area (Å²) in [6, 6.07) is 11.1. The molecule has 0 aliphatic rings. The number of hydrogen-bond acceptors (Lipinski definition) is 4. The Hall–Kier alpha value is -2.95. The second-order valence-electron chi connectivity index (χ2n) is 5.04. The van der Waals surface area contributed by atoms with Crippen molar-refractivity contribution in [2.45, 2.75) is 13.8 Å². The van der Waals surface area contributed by atoms with Crippen molar-refractivity contribution in [2.75, 3.05) is 5.32 Å². The Morgan fingerprint density at radius 1 is 1.14 bits per heavy atom. The standard InChI is InChI=1S/C17H15N3O2/c1-11-5-3-6-12(2)16(11)19-17(21)14-9-15(22-20-14)13-7-4-8-18-10-13/h3-10H,1-2H3,(H,19,21). The van der Waals surface area contributed by atoms with E-state index in [0.717, 1.165) is 22.4 Å². The van der Waals surface area contributed by atoms with Crippen LogP contribution in [0.1, 0.15) is 21.6 Å². The number of anilines is 1. The molecule has 0 unspecified atom stereocenters. The van der Waals surface area contributed by atoms with Crippen LogP contribution in [-0.4, -0.2) is 16.0 Å². The van der Waals surface area contributed by atoms with Gasteiger partial charge < -0.3 is 9.84 Å². The third-order valence-electron chi connectivity index (χ3n) is 3.41. The Labute approximate surface area is 128 Å². The molecule has 22 heavy (non-hydrogen) atoms. The first-order valence-corrected chi connectivity index (χ1v) is 6.90. The summed E-state index contributed by atoms with van der Waals surface area (Å²) in [4.78, 5) is 16.3. The van der Waals surface area contributed by atoms with Gasteiger partial charge in [0.1, 0.15) is 0 Å². The van der Waals surface area contributed by atoms with E-state index < -0.39 is 0 Å². The topological polar surface area (TPSA) is 68.0 Å². The van der Waals surface area contributed by atoms with Gasteiger partial charge in [-0.2, -0.15) is 0 Å². The second kappa shape index (κ2) is 5.81. The Balaban J connectivity index is 1.83. The molecule has 1 N–H and O–H groups in total. The Morgan fingerprint density at radius 2 is 1.91 bits per heavy atom. The summed E-state index contributed by atoms with van der Waals surface area (Å²) in [5.41, 5.74) is 3.83. The number of pyridine rings is 1. The summed E-state index contributed by atoms with van der Waals surface area (Å²) in [7, 11) is 0. The lowest BCUT2D eigenvalue weighted by Crippen LogP contribution is -2.14. The Kier molecular flexibility index (Phi) is 3.70. The molecule has 0 saturated carbocycles. The Morgan fingerprint density at radius 3 is 2.59 bits per heavy atom. The zero-order chi connectivity index (χ0) is 15.5. The molecule has 0 bridgehead atoms. The molecule has 1 aromatic carbocycles. The van der Waals surface area contributed by atoms with Crippen LogP contribution in [0.3, 0.4) is 0 Å². The summed E-state index contributed by atoms with van der Waals surface area (Å²) in [6.45, 7) is 3.90. The van der Waals surface area contributed by atoms with E-state index in [1.54, 1.807) is 24.5 Å². The molecule has 2 heterocycles. The zero-order valence-corrected chi connectivity index (χ0v) is 12.3. The lowest BCUT2D eigenvalue weighted by atomic mass is 10.1. The van der Waals surface area contributed by atoms with E-state index >= 15 is 0 Å². The van der Waals surface area contributed by atoms with Crippen LogP contribution in [0.4, 0.5) is 5.69 Å². The molecule has 0 atom stereocenters. The number of para-hydroxylation sites is 1. The molecule has 1 amide bonds. The smallest absolute Gasteiger partial charge is 0.277 e. The molecule has 5 heteroatoms. The highest BCUT2D eigenvalue weighted by molar-refractivity contribution is 6.04. The van der Waals surface area contributed by atoms with Crippen molar-refractivity contribution in [1.82, 2.24) is 10.1 Å². The minimum atomic E-state index is -0.295. The van der Waals surface area contributed by atoms with E-state index in [9.17, 15) is 4.79 Å². The lowest BCUT2D eigenvalue weighted by Gasteiger charge is -2.09. The van der Waals surface area contributed by atoms with Crippen LogP contribution in [0.15, 0.2) is 53.3 Å². The van der Waals surface area contributed by atoms with Crippen molar-refractivity contribution in [3.8, 4) is 11.3 Å². The average molecular weight is 293 g/mol. The third-order valence-corrected chi connectivity index (χ3v) is 3.41. The number of aryl methyl sites for hydroxylation is 2. The first kappa shape index (κ1) is 14.0. The summed E-state index contributed by atoms with van der Waals surface area (Å²) in [5.74, 6) is 0.219. The van der Waals surface area contributed by atoms with Gasteiger partial charge in [0, 0.05) is 29.7 Å². The molecule has 2 aromatic heterocycles. The number of carbonyl (C=O) groups is 1. The van der Waals surface area contributed by atoms with Crippen LogP contribution >= 0.6 is 0 Å². The van der Waals surface area contributed by atoms with Gasteiger partial charge in [-0.3, -0.25) is 9.78 Å². The molecule has 0 radical (unpaired) electrons. The largest absolute Gasteiger partial charge is 0.355 e. The summed E-state index contributed by atoms with van der Waals surface area (Å²) in [6.07, 6.45) is 3.34. The van der Waals surface area contributed by atoms with E-state index in [1.165, 1.54) is 0 Å². The van der Waals surface area contributed by atoms with Gasteiger partial charge in [0.15, 0.2) is 11.5 Å². The first-order chi connectivity index (χ1) is 10.6. The molecular formula is C17H15N3O2. The van der Waals surface area contributed by atoms with E-state index in [0.29, 0.717) is 5.76 Å². The fourth-order valence-corrected chi connectivity index (χ4v) is 2.22. The number of amides is 1. The predicted octanol–water partition coefficient (Wildman–Crippen LogP) is 3.61. The number of aromatic nitrogens is 2. The van der Waals surface area contributed by atoms with Crippen LogP contribution in [0, 0.1) is 13.8 Å². The van der Waals surface area contributed by atoms with Gasteiger partial charge in [0.05, 0.1) is 0 Å². The summed E-state index contributed by atoms with van der Waals surface area (Å²) in [5, 5.41) is 6.72. The van der Waals surface area contributed by atoms with Crippen molar-refractivity contribution in [3.05, 3.63) is 65.6 Å². The summed E-state index contributed by atoms with van der Waals surface area (Å²) >= 11 is 0. The molecule has 0 aliphatic heterocycles. The van der Waals surface area contributed by atoms with Crippen molar-refractivity contribution in [3.63, 3.8) is 0 Å². The fraction of sp³-hybridized carbons (Fsp3) is 0.118. The third kappa shape index (κ3) is 2.74. The number of nitrogens with one attached hydrogen (secondary N) is 1. The van der Waals surface area contributed by atoms with Gasteiger partial charge in [-0.15, -0.1) is 0 Å². The molecule has 5 nitrogen and oxygen atoms in total. The van der Waals surface area contributed by atoms with Crippen LogP contribution < -0.4 is 5.32 Å². The van der Waals surface area contributed by atoms with E-state index in [4.69, 9.17) is 4.52 Å². The number of benzene rings is 1. The average Bonchev–Trinajstić information content (AvgIpc) is 3.02. The highest BCUT2D eigenvalue weighted by Crippen LogP contribution is 2.22. The molecule has 110 valence electrons. The maximum Gasteiger partial charge on any atom is 0.277 e. The highest BCUT2D eigenvalue weighted by Gasteiger charge is 2.15. The van der Waals surface area contributed by atoms with Gasteiger partial charge in [-0.1, -0.05) is 23.4 Å². The highest BCUT2D eigenvalue weighted by atomic mass is 16.5. The van der Waals surface area contributed by atoms with Gasteiger partial charge in [0.25, 0.3) is 5.91 Å². The lowest BCUT2D eigenvalue weighted by molar-refractivity contribution is 0.101. The second-order valence-corrected chi connectivity index (χ2v) is 5.04. The number of carbonyl (C=O) groups excluding carboxylic acids is 1. The predicted molar refractivity (Wildman–Crippen MR) is 83.6 cm³/mol. The van der Waals surface area contributed by atoms with E-state index in [-0.39, 0.29) is 11.6 Å². The SMILES string of the molecule is Cc1cccc(C)c1NC(=O)c1cc(-c2cccnc2)on1.